The van der Waals surface area contributed by atoms with Gasteiger partial charge in [-0.25, -0.2) is 30.5 Å². The van der Waals surface area contributed by atoms with Gasteiger partial charge in [0.15, 0.2) is 0 Å². The molecule has 0 amide bonds. The number of aryl methyl sites for hydroxylation is 2. The lowest BCUT2D eigenvalue weighted by atomic mass is 10.1. The van der Waals surface area contributed by atoms with Gasteiger partial charge in [0, 0.05) is 6.04 Å². The third-order valence-corrected chi connectivity index (χ3v) is 8.07. The highest BCUT2D eigenvalue weighted by atomic mass is 32.2. The predicted molar refractivity (Wildman–Crippen MR) is 108 cm³/mol. The van der Waals surface area contributed by atoms with Crippen LogP contribution < -0.4 is 4.72 Å². The second-order valence-electron chi connectivity index (χ2n) is 6.87. The minimum atomic E-state index is -3.90. The molecule has 9 heteroatoms. The molecule has 150 valence electrons. The van der Waals surface area contributed by atoms with Gasteiger partial charge < -0.3 is 0 Å². The van der Waals surface area contributed by atoms with E-state index in [9.17, 15) is 16.8 Å². The maximum Gasteiger partial charge on any atom is 0.269 e. The molecule has 7 nitrogen and oxygen atoms in total. The zero-order chi connectivity index (χ0) is 20.7. The van der Waals surface area contributed by atoms with E-state index in [-0.39, 0.29) is 15.8 Å². The monoisotopic (exact) mass is 421 g/mol. The second-order valence-corrected chi connectivity index (χ2v) is 10.4. The predicted octanol–water partition coefficient (Wildman–Crippen LogP) is 2.97. The molecule has 3 aromatic rings. The summed E-state index contributed by atoms with van der Waals surface area (Å²) in [5.41, 5.74) is 3.06. The summed E-state index contributed by atoms with van der Waals surface area (Å²) in [5.74, 6) is 0. The average molecular weight is 422 g/mol. The number of sulfonamides is 1. The van der Waals surface area contributed by atoms with Crippen LogP contribution in [0.3, 0.4) is 0 Å². The second kappa shape index (κ2) is 7.31. The number of aromatic nitrogens is 2. The van der Waals surface area contributed by atoms with E-state index < -0.39 is 20.0 Å². The summed E-state index contributed by atoms with van der Waals surface area (Å²) in [6, 6.07) is 8.60. The van der Waals surface area contributed by atoms with Crippen molar-refractivity contribution in [2.75, 3.05) is 0 Å². The van der Waals surface area contributed by atoms with E-state index in [1.165, 1.54) is 30.6 Å². The summed E-state index contributed by atoms with van der Waals surface area (Å²) >= 11 is 0. The molecular formula is C19H23N3O4S2. The first-order chi connectivity index (χ1) is 13.1. The molecule has 1 atom stereocenters. The van der Waals surface area contributed by atoms with Gasteiger partial charge in [-0.05, 0) is 74.7 Å². The van der Waals surface area contributed by atoms with Gasteiger partial charge in [0.2, 0.25) is 10.0 Å². The molecule has 0 saturated heterocycles. The lowest BCUT2D eigenvalue weighted by Crippen LogP contribution is -2.32. The largest absolute Gasteiger partial charge is 0.269 e. The first-order valence-electron chi connectivity index (χ1n) is 8.88. The molecule has 2 aromatic carbocycles. The Hall–Kier alpha value is -2.23. The molecule has 0 aliphatic heterocycles. The normalized spacial score (nSPS) is 13.7. The van der Waals surface area contributed by atoms with Crippen LogP contribution in [0, 0.1) is 13.8 Å². The highest BCUT2D eigenvalue weighted by Crippen LogP contribution is 2.24. The number of imidazole rings is 1. The molecule has 0 fully saturated rings. The first-order valence-corrected chi connectivity index (χ1v) is 11.8. The Morgan fingerprint density at radius 2 is 1.57 bits per heavy atom. The number of hydrogen-bond donors (Lipinski definition) is 1. The molecule has 0 aliphatic carbocycles. The molecule has 3 rings (SSSR count). The summed E-state index contributed by atoms with van der Waals surface area (Å²) in [4.78, 5) is 4.20. The number of rotatable bonds is 6. The van der Waals surface area contributed by atoms with Crippen molar-refractivity contribution in [1.29, 1.82) is 0 Å². The standard InChI is InChI=1S/C19H23N3O4S2/c1-5-15(4)21-27(23,24)16-6-8-17(9-7-16)28(25,26)22-12-20-18-10-13(2)14(3)11-19(18)22/h6-12,15,21H,5H2,1-4H3. The Morgan fingerprint density at radius 1 is 1.00 bits per heavy atom. The van der Waals surface area contributed by atoms with Gasteiger partial charge in [-0.1, -0.05) is 6.92 Å². The first kappa shape index (κ1) is 20.5. The van der Waals surface area contributed by atoms with Crippen molar-refractivity contribution >= 4 is 31.1 Å². The molecule has 0 saturated carbocycles. The quantitative estimate of drug-likeness (QED) is 0.660. The van der Waals surface area contributed by atoms with Crippen LogP contribution in [-0.4, -0.2) is 31.8 Å². The SMILES string of the molecule is CCC(C)NS(=O)(=O)c1ccc(S(=O)(=O)n2cnc3cc(C)c(C)cc32)cc1. The van der Waals surface area contributed by atoms with Crippen LogP contribution >= 0.6 is 0 Å². The fourth-order valence-corrected chi connectivity index (χ4v) is 5.37. The van der Waals surface area contributed by atoms with Crippen molar-refractivity contribution in [2.45, 2.75) is 49.9 Å². The van der Waals surface area contributed by atoms with Gasteiger partial charge in [-0.3, -0.25) is 0 Å². The Bertz CT molecular complexity index is 1230. The van der Waals surface area contributed by atoms with Crippen LogP contribution in [-0.2, 0) is 20.0 Å². The van der Waals surface area contributed by atoms with Gasteiger partial charge in [0.05, 0.1) is 20.8 Å². The lowest BCUT2D eigenvalue weighted by Gasteiger charge is -2.13. The molecule has 0 spiro atoms. The maximum absolute atomic E-state index is 13.0. The Labute approximate surface area is 165 Å². The van der Waals surface area contributed by atoms with Crippen LogP contribution in [0.1, 0.15) is 31.4 Å². The number of nitrogens with zero attached hydrogens (tertiary/aromatic N) is 2. The third kappa shape index (κ3) is 3.69. The summed E-state index contributed by atoms with van der Waals surface area (Å²) in [7, 11) is -7.60. The number of fused-ring (bicyclic) bond motifs is 1. The number of hydrogen-bond acceptors (Lipinski definition) is 5. The van der Waals surface area contributed by atoms with E-state index in [1.54, 1.807) is 13.0 Å². The summed E-state index contributed by atoms with van der Waals surface area (Å²) < 4.78 is 54.5. The van der Waals surface area contributed by atoms with Crippen molar-refractivity contribution in [3.8, 4) is 0 Å². The van der Waals surface area contributed by atoms with Crippen molar-refractivity contribution in [1.82, 2.24) is 13.7 Å². The molecule has 0 aliphatic rings. The highest BCUT2D eigenvalue weighted by Gasteiger charge is 2.22. The minimum absolute atomic E-state index is 0.00693. The fraction of sp³-hybridized carbons (Fsp3) is 0.316. The molecule has 0 bridgehead atoms. The van der Waals surface area contributed by atoms with Crippen molar-refractivity contribution in [2.24, 2.45) is 0 Å². The van der Waals surface area contributed by atoms with Gasteiger partial charge in [-0.2, -0.15) is 0 Å². The van der Waals surface area contributed by atoms with Crippen LogP contribution in [0.15, 0.2) is 52.5 Å². The molecule has 28 heavy (non-hydrogen) atoms. The van der Waals surface area contributed by atoms with Gasteiger partial charge in [-0.15, -0.1) is 0 Å². The fourth-order valence-electron chi connectivity index (χ4n) is 2.75. The lowest BCUT2D eigenvalue weighted by molar-refractivity contribution is 0.555. The molecule has 1 aromatic heterocycles. The summed E-state index contributed by atoms with van der Waals surface area (Å²) in [6.07, 6.45) is 1.92. The number of benzene rings is 2. The zero-order valence-corrected chi connectivity index (χ0v) is 17.8. The van der Waals surface area contributed by atoms with E-state index in [0.29, 0.717) is 17.5 Å². The van der Waals surface area contributed by atoms with Gasteiger partial charge in [0.1, 0.15) is 6.33 Å². The van der Waals surface area contributed by atoms with E-state index in [4.69, 9.17) is 0 Å². The molecule has 1 heterocycles. The van der Waals surface area contributed by atoms with Crippen molar-refractivity contribution in [3.05, 3.63) is 53.9 Å². The molecule has 0 radical (unpaired) electrons. The minimum Gasteiger partial charge on any atom is -0.236 e. The Balaban J connectivity index is 2.01. The van der Waals surface area contributed by atoms with Crippen LogP contribution in [0.2, 0.25) is 0 Å². The summed E-state index contributed by atoms with van der Waals surface area (Å²) in [6.45, 7) is 7.49. The zero-order valence-electron chi connectivity index (χ0n) is 16.2. The Kier molecular flexibility index (Phi) is 5.35. The smallest absolute Gasteiger partial charge is 0.236 e. The maximum atomic E-state index is 13.0. The summed E-state index contributed by atoms with van der Waals surface area (Å²) in [5, 5.41) is 0. The van der Waals surface area contributed by atoms with Crippen LogP contribution in [0.4, 0.5) is 0 Å². The van der Waals surface area contributed by atoms with E-state index in [0.717, 1.165) is 15.1 Å². The Morgan fingerprint density at radius 3 is 2.18 bits per heavy atom. The van der Waals surface area contributed by atoms with E-state index in [1.807, 2.05) is 26.8 Å². The van der Waals surface area contributed by atoms with Crippen molar-refractivity contribution in [3.63, 3.8) is 0 Å². The van der Waals surface area contributed by atoms with E-state index in [2.05, 4.69) is 9.71 Å². The third-order valence-electron chi connectivity index (χ3n) is 4.79. The molecule has 1 N–H and O–H groups in total. The molecular weight excluding hydrogens is 398 g/mol. The van der Waals surface area contributed by atoms with Gasteiger partial charge in [0.25, 0.3) is 10.0 Å². The van der Waals surface area contributed by atoms with Crippen molar-refractivity contribution < 1.29 is 16.8 Å². The van der Waals surface area contributed by atoms with Crippen LogP contribution in [0.25, 0.3) is 11.0 Å². The van der Waals surface area contributed by atoms with Crippen LogP contribution in [0.5, 0.6) is 0 Å². The topological polar surface area (TPSA) is 98.1 Å². The van der Waals surface area contributed by atoms with Gasteiger partial charge >= 0.3 is 0 Å². The van der Waals surface area contributed by atoms with E-state index >= 15 is 0 Å². The number of nitrogens with one attached hydrogen (secondary N) is 1. The highest BCUT2D eigenvalue weighted by molar-refractivity contribution is 7.90. The molecule has 1 unspecified atom stereocenters. The average Bonchev–Trinajstić information content (AvgIpc) is 3.05.